The first-order valence-corrected chi connectivity index (χ1v) is 7.23. The zero-order valence-electron chi connectivity index (χ0n) is 10.6. The molecule has 1 aliphatic rings. The van der Waals surface area contributed by atoms with Gasteiger partial charge in [0.2, 0.25) is 5.91 Å². The Bertz CT molecular complexity index is 608. The Morgan fingerprint density at radius 1 is 1.33 bits per heavy atom. The van der Waals surface area contributed by atoms with Gasteiger partial charge in [-0.2, -0.15) is 0 Å². The second kappa shape index (κ2) is 4.37. The van der Waals surface area contributed by atoms with Crippen LogP contribution in [0.1, 0.15) is 11.1 Å². The molecule has 0 saturated carbocycles. The van der Waals surface area contributed by atoms with E-state index in [0.29, 0.717) is 5.69 Å². The lowest BCUT2D eigenvalue weighted by Gasteiger charge is -2.26. The molecule has 0 fully saturated rings. The minimum absolute atomic E-state index is 0.112. The van der Waals surface area contributed by atoms with E-state index in [1.54, 1.807) is 20.0 Å². The molecule has 0 radical (unpaired) electrons. The quantitative estimate of drug-likeness (QED) is 0.824. The third kappa shape index (κ3) is 1.91. The molecular weight excluding hydrogens is 252 g/mol. The second-order valence-electron chi connectivity index (χ2n) is 4.54. The molecule has 1 atom stereocenters. The van der Waals surface area contributed by atoms with Gasteiger partial charge in [-0.1, -0.05) is 6.07 Å². The van der Waals surface area contributed by atoms with E-state index in [1.165, 1.54) is 0 Å². The first-order valence-electron chi connectivity index (χ1n) is 5.68. The van der Waals surface area contributed by atoms with Crippen LogP contribution < -0.4 is 10.6 Å². The topological polar surface area (TPSA) is 75.3 Å². The van der Waals surface area contributed by atoms with Crippen molar-refractivity contribution < 1.29 is 13.2 Å². The maximum absolute atomic E-state index is 12.4. The number of nitrogens with one attached hydrogen (secondary N) is 2. The Labute approximate surface area is 107 Å². The average Bonchev–Trinajstić information content (AvgIpc) is 2.26. The summed E-state index contributed by atoms with van der Waals surface area (Å²) in [6, 6.07) is 3.47. The van der Waals surface area contributed by atoms with Gasteiger partial charge in [-0.3, -0.25) is 4.79 Å². The number of sulfone groups is 1. The van der Waals surface area contributed by atoms with Gasteiger partial charge in [0, 0.05) is 6.54 Å². The third-order valence-electron chi connectivity index (χ3n) is 3.05. The lowest BCUT2D eigenvalue weighted by molar-refractivity contribution is -0.115. The number of amides is 1. The highest BCUT2D eigenvalue weighted by Gasteiger charge is 2.40. The minimum Gasteiger partial charge on any atom is -0.324 e. The van der Waals surface area contributed by atoms with Gasteiger partial charge in [-0.15, -0.1) is 0 Å². The summed E-state index contributed by atoms with van der Waals surface area (Å²) < 4.78 is 24.8. The average molecular weight is 268 g/mol. The van der Waals surface area contributed by atoms with E-state index in [2.05, 4.69) is 10.6 Å². The fraction of sp³-hybridized carbons (Fsp3) is 0.417. The molecule has 0 spiro atoms. The van der Waals surface area contributed by atoms with E-state index in [-0.39, 0.29) is 11.4 Å². The fourth-order valence-corrected chi connectivity index (χ4v) is 4.08. The summed E-state index contributed by atoms with van der Waals surface area (Å²) in [6.07, 6.45) is 0. The predicted octanol–water partition coefficient (Wildman–Crippen LogP) is 0.617. The van der Waals surface area contributed by atoms with Crippen LogP contribution in [0.2, 0.25) is 0 Å². The number of carbonyl (C=O) groups is 1. The lowest BCUT2D eigenvalue weighted by Crippen LogP contribution is -2.45. The zero-order valence-corrected chi connectivity index (χ0v) is 11.4. The molecule has 0 aromatic heterocycles. The summed E-state index contributed by atoms with van der Waals surface area (Å²) in [6.45, 7) is 3.74. The summed E-state index contributed by atoms with van der Waals surface area (Å²) in [5.74, 6) is -0.469. The van der Waals surface area contributed by atoms with Crippen molar-refractivity contribution in [3.8, 4) is 0 Å². The highest BCUT2D eigenvalue weighted by atomic mass is 32.2. The van der Waals surface area contributed by atoms with E-state index in [0.717, 1.165) is 11.1 Å². The first kappa shape index (κ1) is 13.0. The molecule has 2 rings (SSSR count). The number of hydrogen-bond acceptors (Lipinski definition) is 4. The van der Waals surface area contributed by atoms with Crippen molar-refractivity contribution in [2.24, 2.45) is 0 Å². The normalized spacial score (nSPS) is 21.3. The number of rotatable bonds is 2. The highest BCUT2D eigenvalue weighted by molar-refractivity contribution is 7.93. The van der Waals surface area contributed by atoms with Crippen molar-refractivity contribution in [2.75, 3.05) is 18.9 Å². The minimum atomic E-state index is -3.61. The van der Waals surface area contributed by atoms with Crippen LogP contribution in [0, 0.1) is 13.8 Å². The van der Waals surface area contributed by atoms with Crippen molar-refractivity contribution >= 4 is 21.4 Å². The van der Waals surface area contributed by atoms with Gasteiger partial charge in [0.25, 0.3) is 0 Å². The zero-order chi connectivity index (χ0) is 13.5. The molecule has 0 aliphatic carbocycles. The first-order chi connectivity index (χ1) is 8.37. The molecule has 1 aliphatic heterocycles. The van der Waals surface area contributed by atoms with E-state index in [1.807, 2.05) is 13.0 Å². The van der Waals surface area contributed by atoms with Crippen LogP contribution in [0.25, 0.3) is 0 Å². The molecule has 0 bridgehead atoms. The molecule has 2 N–H and O–H groups in total. The van der Waals surface area contributed by atoms with Crippen LogP contribution in [0.3, 0.4) is 0 Å². The summed E-state index contributed by atoms with van der Waals surface area (Å²) >= 11 is 0. The van der Waals surface area contributed by atoms with Gasteiger partial charge in [0.05, 0.1) is 10.6 Å². The number of fused-ring (bicyclic) bond motifs is 1. The Morgan fingerprint density at radius 3 is 2.61 bits per heavy atom. The molecule has 1 heterocycles. The van der Waals surface area contributed by atoms with Gasteiger partial charge < -0.3 is 10.6 Å². The highest BCUT2D eigenvalue weighted by Crippen LogP contribution is 2.33. The summed E-state index contributed by atoms with van der Waals surface area (Å²) in [5, 5.41) is 4.37. The standard InChI is InChI=1S/C12H16N2O3S/c1-7-4-8(2)11-9(5-7)18(16,17)10(6-13-3)12(15)14-11/h4-5,10,13H,6H2,1-3H3,(H,14,15). The number of anilines is 1. The van der Waals surface area contributed by atoms with E-state index in [4.69, 9.17) is 0 Å². The van der Waals surface area contributed by atoms with E-state index in [9.17, 15) is 13.2 Å². The van der Waals surface area contributed by atoms with E-state index < -0.39 is 21.0 Å². The number of carbonyl (C=O) groups excluding carboxylic acids is 1. The molecule has 18 heavy (non-hydrogen) atoms. The Hall–Kier alpha value is -1.40. The molecule has 1 aromatic rings. The van der Waals surface area contributed by atoms with Crippen LogP contribution in [-0.2, 0) is 14.6 Å². The third-order valence-corrected chi connectivity index (χ3v) is 5.12. The van der Waals surface area contributed by atoms with Crippen LogP contribution >= 0.6 is 0 Å². The fourth-order valence-electron chi connectivity index (χ4n) is 2.20. The van der Waals surface area contributed by atoms with Crippen molar-refractivity contribution in [3.63, 3.8) is 0 Å². The van der Waals surface area contributed by atoms with Crippen molar-refractivity contribution in [2.45, 2.75) is 24.0 Å². The van der Waals surface area contributed by atoms with Gasteiger partial charge in [-0.25, -0.2) is 8.42 Å². The Balaban J connectivity index is 2.67. The summed E-state index contributed by atoms with van der Waals surface area (Å²) in [5.41, 5.74) is 2.05. The maximum Gasteiger partial charge on any atom is 0.244 e. The van der Waals surface area contributed by atoms with Crippen molar-refractivity contribution in [1.29, 1.82) is 0 Å². The molecule has 6 heteroatoms. The molecule has 1 aromatic carbocycles. The Kier molecular flexibility index (Phi) is 3.16. The van der Waals surface area contributed by atoms with Gasteiger partial charge >= 0.3 is 0 Å². The van der Waals surface area contributed by atoms with Crippen LogP contribution in [-0.4, -0.2) is 33.2 Å². The number of hydrogen-bond donors (Lipinski definition) is 2. The summed E-state index contributed by atoms with van der Waals surface area (Å²) in [7, 11) is -1.99. The predicted molar refractivity (Wildman–Crippen MR) is 69.4 cm³/mol. The van der Waals surface area contributed by atoms with Crippen molar-refractivity contribution in [1.82, 2.24) is 5.32 Å². The number of aryl methyl sites for hydroxylation is 2. The smallest absolute Gasteiger partial charge is 0.244 e. The van der Waals surface area contributed by atoms with Gasteiger partial charge in [0.15, 0.2) is 15.1 Å². The number of benzene rings is 1. The van der Waals surface area contributed by atoms with Crippen molar-refractivity contribution in [3.05, 3.63) is 23.3 Å². The molecule has 1 unspecified atom stereocenters. The molecule has 0 saturated heterocycles. The molecular formula is C12H16N2O3S. The second-order valence-corrected chi connectivity index (χ2v) is 6.63. The molecule has 1 amide bonds. The largest absolute Gasteiger partial charge is 0.324 e. The SMILES string of the molecule is CNCC1C(=O)Nc2c(C)cc(C)cc2S1(=O)=O. The van der Waals surface area contributed by atoms with Crippen LogP contribution in [0.4, 0.5) is 5.69 Å². The van der Waals surface area contributed by atoms with Crippen LogP contribution in [0.5, 0.6) is 0 Å². The lowest BCUT2D eigenvalue weighted by atomic mass is 10.1. The van der Waals surface area contributed by atoms with Crippen LogP contribution in [0.15, 0.2) is 17.0 Å². The molecule has 5 nitrogen and oxygen atoms in total. The van der Waals surface area contributed by atoms with E-state index >= 15 is 0 Å². The Morgan fingerprint density at radius 2 is 2.00 bits per heavy atom. The monoisotopic (exact) mass is 268 g/mol. The molecule has 98 valence electrons. The maximum atomic E-state index is 12.4. The van der Waals surface area contributed by atoms with Gasteiger partial charge in [0.1, 0.15) is 0 Å². The van der Waals surface area contributed by atoms with Gasteiger partial charge in [-0.05, 0) is 38.1 Å². The summed E-state index contributed by atoms with van der Waals surface area (Å²) in [4.78, 5) is 12.1.